The standard InChI is InChI=1S/C14H19F2NO2/c1-10-9-19-8-7-17(10)6-5-13(18)11-3-2-4-12(15)14(11)16/h2-4,10,13,18H,5-9H2,1H3. The minimum Gasteiger partial charge on any atom is -0.388 e. The Bertz CT molecular complexity index is 428. The molecule has 2 unspecified atom stereocenters. The molecule has 1 aliphatic heterocycles. The van der Waals surface area contributed by atoms with Crippen LogP contribution < -0.4 is 0 Å². The highest BCUT2D eigenvalue weighted by Gasteiger charge is 2.21. The molecule has 0 spiro atoms. The summed E-state index contributed by atoms with van der Waals surface area (Å²) < 4.78 is 31.9. The Kier molecular flexibility index (Phi) is 4.85. The Labute approximate surface area is 111 Å². The van der Waals surface area contributed by atoms with Crippen LogP contribution in [0.1, 0.15) is 25.0 Å². The summed E-state index contributed by atoms with van der Waals surface area (Å²) >= 11 is 0. The third-order valence-electron chi connectivity index (χ3n) is 3.54. The van der Waals surface area contributed by atoms with E-state index in [9.17, 15) is 13.9 Å². The molecule has 0 radical (unpaired) electrons. The lowest BCUT2D eigenvalue weighted by Gasteiger charge is -2.33. The number of aliphatic hydroxyl groups is 1. The van der Waals surface area contributed by atoms with Crippen LogP contribution in [0.25, 0.3) is 0 Å². The number of benzene rings is 1. The maximum Gasteiger partial charge on any atom is 0.164 e. The van der Waals surface area contributed by atoms with E-state index in [2.05, 4.69) is 4.90 Å². The molecule has 0 aliphatic carbocycles. The fourth-order valence-electron chi connectivity index (χ4n) is 2.32. The maximum absolute atomic E-state index is 13.5. The molecule has 0 bridgehead atoms. The SMILES string of the molecule is CC1COCCN1CCC(O)c1cccc(F)c1F. The van der Waals surface area contributed by atoms with E-state index in [4.69, 9.17) is 4.74 Å². The third-order valence-corrected chi connectivity index (χ3v) is 3.54. The number of ether oxygens (including phenoxy) is 1. The average Bonchev–Trinajstić information content (AvgIpc) is 2.40. The third kappa shape index (κ3) is 3.49. The van der Waals surface area contributed by atoms with Crippen LogP contribution in [-0.4, -0.2) is 42.4 Å². The van der Waals surface area contributed by atoms with Crippen molar-refractivity contribution in [3.63, 3.8) is 0 Å². The summed E-state index contributed by atoms with van der Waals surface area (Å²) in [4.78, 5) is 2.18. The summed E-state index contributed by atoms with van der Waals surface area (Å²) in [5, 5.41) is 9.98. The van der Waals surface area contributed by atoms with E-state index < -0.39 is 17.7 Å². The number of nitrogens with zero attached hydrogens (tertiary/aromatic N) is 1. The fourth-order valence-corrected chi connectivity index (χ4v) is 2.32. The molecule has 2 atom stereocenters. The second kappa shape index (κ2) is 6.41. The number of halogens is 2. The van der Waals surface area contributed by atoms with E-state index in [-0.39, 0.29) is 5.56 Å². The molecule has 1 aromatic carbocycles. The topological polar surface area (TPSA) is 32.7 Å². The summed E-state index contributed by atoms with van der Waals surface area (Å²) in [5.74, 6) is -1.87. The molecule has 1 aromatic rings. The highest BCUT2D eigenvalue weighted by Crippen LogP contribution is 2.22. The summed E-state index contributed by atoms with van der Waals surface area (Å²) in [7, 11) is 0. The fraction of sp³-hybridized carbons (Fsp3) is 0.571. The van der Waals surface area contributed by atoms with Crippen molar-refractivity contribution in [3.8, 4) is 0 Å². The minimum atomic E-state index is -0.981. The zero-order chi connectivity index (χ0) is 13.8. The molecule has 1 aliphatic rings. The van der Waals surface area contributed by atoms with E-state index in [1.165, 1.54) is 12.1 Å². The molecule has 106 valence electrons. The molecule has 2 rings (SSSR count). The Balaban J connectivity index is 1.93. The Morgan fingerprint density at radius 3 is 3.00 bits per heavy atom. The first kappa shape index (κ1) is 14.4. The molecule has 0 aromatic heterocycles. The number of hydrogen-bond acceptors (Lipinski definition) is 3. The number of hydrogen-bond donors (Lipinski definition) is 1. The van der Waals surface area contributed by atoms with Gasteiger partial charge in [0.05, 0.1) is 19.3 Å². The number of rotatable bonds is 4. The Morgan fingerprint density at radius 2 is 2.26 bits per heavy atom. The number of aliphatic hydroxyl groups excluding tert-OH is 1. The van der Waals surface area contributed by atoms with Gasteiger partial charge in [-0.1, -0.05) is 12.1 Å². The maximum atomic E-state index is 13.5. The zero-order valence-electron chi connectivity index (χ0n) is 11.0. The van der Waals surface area contributed by atoms with Crippen molar-refractivity contribution in [2.45, 2.75) is 25.5 Å². The lowest BCUT2D eigenvalue weighted by Crippen LogP contribution is -2.44. The van der Waals surface area contributed by atoms with Crippen LogP contribution >= 0.6 is 0 Å². The van der Waals surface area contributed by atoms with Gasteiger partial charge in [-0.3, -0.25) is 4.90 Å². The molecule has 1 fully saturated rings. The van der Waals surface area contributed by atoms with Crippen LogP contribution in [0.5, 0.6) is 0 Å². The second-order valence-corrected chi connectivity index (χ2v) is 4.91. The second-order valence-electron chi connectivity index (χ2n) is 4.91. The predicted octanol–water partition coefficient (Wildman–Crippen LogP) is 2.11. The van der Waals surface area contributed by atoms with E-state index in [1.54, 1.807) is 0 Å². The van der Waals surface area contributed by atoms with Gasteiger partial charge >= 0.3 is 0 Å². The summed E-state index contributed by atoms with van der Waals surface area (Å²) in [6.45, 7) is 4.84. The molecule has 1 heterocycles. The van der Waals surface area contributed by atoms with Crippen molar-refractivity contribution in [2.75, 3.05) is 26.3 Å². The molecule has 5 heteroatoms. The van der Waals surface area contributed by atoms with Crippen LogP contribution in [-0.2, 0) is 4.74 Å². The van der Waals surface area contributed by atoms with Crippen molar-refractivity contribution < 1.29 is 18.6 Å². The monoisotopic (exact) mass is 271 g/mol. The molecule has 3 nitrogen and oxygen atoms in total. The quantitative estimate of drug-likeness (QED) is 0.910. The van der Waals surface area contributed by atoms with Crippen molar-refractivity contribution in [2.24, 2.45) is 0 Å². The van der Waals surface area contributed by atoms with Gasteiger partial charge in [-0.05, 0) is 19.4 Å². The van der Waals surface area contributed by atoms with E-state index in [0.717, 1.165) is 12.6 Å². The van der Waals surface area contributed by atoms with Gasteiger partial charge in [0.1, 0.15) is 0 Å². The summed E-state index contributed by atoms with van der Waals surface area (Å²) in [5.41, 5.74) is 0.0286. The minimum absolute atomic E-state index is 0.0286. The lowest BCUT2D eigenvalue weighted by molar-refractivity contribution is -0.00657. The van der Waals surface area contributed by atoms with Gasteiger partial charge in [0.25, 0.3) is 0 Å². The molecular weight excluding hydrogens is 252 g/mol. The van der Waals surface area contributed by atoms with Crippen LogP contribution in [0.3, 0.4) is 0 Å². The Hall–Kier alpha value is -1.04. The molecule has 0 amide bonds. The van der Waals surface area contributed by atoms with Gasteiger partial charge in [0, 0.05) is 24.7 Å². The molecule has 19 heavy (non-hydrogen) atoms. The number of morpholine rings is 1. The molecule has 1 N–H and O–H groups in total. The van der Waals surface area contributed by atoms with Crippen molar-refractivity contribution in [1.29, 1.82) is 0 Å². The summed E-state index contributed by atoms with van der Waals surface area (Å²) in [6, 6.07) is 4.17. The van der Waals surface area contributed by atoms with E-state index >= 15 is 0 Å². The normalized spacial score (nSPS) is 22.4. The van der Waals surface area contributed by atoms with Gasteiger partial charge in [-0.25, -0.2) is 8.78 Å². The van der Waals surface area contributed by atoms with Crippen molar-refractivity contribution in [3.05, 3.63) is 35.4 Å². The van der Waals surface area contributed by atoms with E-state index in [1.807, 2.05) is 6.92 Å². The zero-order valence-corrected chi connectivity index (χ0v) is 11.0. The van der Waals surface area contributed by atoms with Gasteiger partial charge in [-0.15, -0.1) is 0 Å². The lowest BCUT2D eigenvalue weighted by atomic mass is 10.0. The van der Waals surface area contributed by atoms with Crippen LogP contribution in [0.15, 0.2) is 18.2 Å². The molecular formula is C14H19F2NO2. The van der Waals surface area contributed by atoms with Crippen LogP contribution in [0.4, 0.5) is 8.78 Å². The average molecular weight is 271 g/mol. The van der Waals surface area contributed by atoms with Gasteiger partial charge in [0.2, 0.25) is 0 Å². The van der Waals surface area contributed by atoms with Gasteiger partial charge in [0.15, 0.2) is 11.6 Å². The summed E-state index contributed by atoms with van der Waals surface area (Å²) in [6.07, 6.45) is -0.601. The smallest absolute Gasteiger partial charge is 0.164 e. The molecule has 0 saturated carbocycles. The van der Waals surface area contributed by atoms with Gasteiger partial charge < -0.3 is 9.84 Å². The highest BCUT2D eigenvalue weighted by atomic mass is 19.2. The largest absolute Gasteiger partial charge is 0.388 e. The van der Waals surface area contributed by atoms with Crippen LogP contribution in [0, 0.1) is 11.6 Å². The van der Waals surface area contributed by atoms with E-state index in [0.29, 0.717) is 32.2 Å². The molecule has 1 saturated heterocycles. The predicted molar refractivity (Wildman–Crippen MR) is 67.8 cm³/mol. The van der Waals surface area contributed by atoms with Crippen molar-refractivity contribution in [1.82, 2.24) is 4.90 Å². The highest BCUT2D eigenvalue weighted by molar-refractivity contribution is 5.21. The Morgan fingerprint density at radius 1 is 1.47 bits per heavy atom. The first-order valence-corrected chi connectivity index (χ1v) is 6.53. The van der Waals surface area contributed by atoms with Crippen LogP contribution in [0.2, 0.25) is 0 Å². The van der Waals surface area contributed by atoms with Crippen molar-refractivity contribution >= 4 is 0 Å². The first-order chi connectivity index (χ1) is 9.09. The van der Waals surface area contributed by atoms with Gasteiger partial charge in [-0.2, -0.15) is 0 Å². The first-order valence-electron chi connectivity index (χ1n) is 6.53.